The SMILES string of the molecule is Cc1cc2c(-c3ccccc3)c(CC(C)C)ccc2[cH-]1.[Cl][Zr+2][Cl].[c-]1cccc2c1[Si]c1ccccc1-2. The van der Waals surface area contributed by atoms with Gasteiger partial charge < -0.3 is 0 Å². The van der Waals surface area contributed by atoms with Crippen molar-refractivity contribution in [2.24, 2.45) is 5.92 Å². The van der Waals surface area contributed by atoms with E-state index in [-0.39, 0.29) is 0 Å². The first-order chi connectivity index (χ1) is 17.5. The molecule has 0 aliphatic carbocycles. The molecule has 0 aromatic heterocycles. The number of benzene rings is 4. The van der Waals surface area contributed by atoms with Crippen LogP contribution in [0.15, 0.2) is 97.1 Å². The summed E-state index contributed by atoms with van der Waals surface area (Å²) in [6.45, 7) is 6.75. The molecule has 0 spiro atoms. The van der Waals surface area contributed by atoms with Crippen LogP contribution in [-0.4, -0.2) is 9.52 Å². The van der Waals surface area contributed by atoms with Gasteiger partial charge in [-0.2, -0.15) is 35.5 Å². The molecule has 0 N–H and O–H groups in total. The van der Waals surface area contributed by atoms with Crippen LogP contribution in [0.1, 0.15) is 25.0 Å². The largest absolute Gasteiger partial charge is 0.184 e. The number of hydrogen-bond acceptors (Lipinski definition) is 0. The van der Waals surface area contributed by atoms with Crippen molar-refractivity contribution < 1.29 is 20.8 Å². The van der Waals surface area contributed by atoms with Crippen molar-refractivity contribution in [3.8, 4) is 22.3 Å². The molecule has 0 saturated carbocycles. The average Bonchev–Trinajstić information content (AvgIpc) is 3.44. The maximum absolute atomic E-state index is 4.93. The van der Waals surface area contributed by atoms with E-state index in [0.29, 0.717) is 5.92 Å². The fourth-order valence-electron chi connectivity index (χ4n) is 4.76. The van der Waals surface area contributed by atoms with E-state index in [1.54, 1.807) is 0 Å². The third kappa shape index (κ3) is 6.53. The molecular formula is C32H28Cl2SiZr. The molecule has 0 nitrogen and oxygen atoms in total. The molecule has 0 amide bonds. The first-order valence-electron chi connectivity index (χ1n) is 12.1. The molecule has 178 valence electrons. The van der Waals surface area contributed by atoms with E-state index < -0.39 is 20.8 Å². The van der Waals surface area contributed by atoms with Gasteiger partial charge in [-0.15, -0.1) is 40.1 Å². The van der Waals surface area contributed by atoms with E-state index in [4.69, 9.17) is 17.0 Å². The van der Waals surface area contributed by atoms with Crippen molar-refractivity contribution >= 4 is 47.7 Å². The third-order valence-electron chi connectivity index (χ3n) is 6.14. The summed E-state index contributed by atoms with van der Waals surface area (Å²) in [5.41, 5.74) is 8.33. The van der Waals surface area contributed by atoms with Crippen molar-refractivity contribution in [2.75, 3.05) is 0 Å². The van der Waals surface area contributed by atoms with Crippen LogP contribution in [0, 0.1) is 18.9 Å². The third-order valence-corrected chi connectivity index (χ3v) is 7.51. The van der Waals surface area contributed by atoms with Crippen LogP contribution < -0.4 is 10.4 Å². The fourth-order valence-corrected chi connectivity index (χ4v) is 6.07. The minimum absolute atomic E-state index is 0.672. The Morgan fingerprint density at radius 1 is 0.889 bits per heavy atom. The number of aryl methyl sites for hydroxylation is 1. The van der Waals surface area contributed by atoms with Crippen molar-refractivity contribution in [1.82, 2.24) is 0 Å². The maximum Gasteiger partial charge on any atom is 0.0920 e. The zero-order valence-corrected chi connectivity index (χ0v) is 25.7. The monoisotopic (exact) mass is 600 g/mol. The van der Waals surface area contributed by atoms with Gasteiger partial charge in [-0.3, -0.25) is 0 Å². The molecule has 0 saturated heterocycles. The maximum atomic E-state index is 4.93. The standard InChI is InChI=1S/C20H21.C12H7Si.2ClH.Zr/c1-14(2)11-18-10-9-17-12-15(3)13-19(17)20(18)16-7-5-4-6-8-16;1-3-7-11-9(5-1)10-6-2-4-8-12(10)13-11;;;/h4-10,12-14H,11H2,1-3H3;1-7H;2*1H;/q2*-1;;;+4/p-2. The molecule has 1 aliphatic rings. The van der Waals surface area contributed by atoms with E-state index in [1.807, 2.05) is 6.07 Å². The van der Waals surface area contributed by atoms with Crippen LogP contribution in [0.25, 0.3) is 33.0 Å². The molecule has 1 aliphatic heterocycles. The van der Waals surface area contributed by atoms with Gasteiger partial charge in [-0.1, -0.05) is 97.2 Å². The molecule has 5 aromatic carbocycles. The Hall–Kier alpha value is -1.83. The van der Waals surface area contributed by atoms with E-state index >= 15 is 0 Å². The molecule has 0 bridgehead atoms. The Balaban J connectivity index is 0.000000163. The fraction of sp³-hybridized carbons (Fsp3) is 0.156. The Morgan fingerprint density at radius 2 is 1.58 bits per heavy atom. The molecular weight excluding hydrogens is 575 g/mol. The second-order valence-corrected chi connectivity index (χ2v) is 14.3. The quantitative estimate of drug-likeness (QED) is 0.141. The first kappa shape index (κ1) is 27.2. The van der Waals surface area contributed by atoms with E-state index in [1.165, 1.54) is 54.5 Å². The van der Waals surface area contributed by atoms with Crippen molar-refractivity contribution in [3.63, 3.8) is 0 Å². The first-order valence-corrected chi connectivity index (χ1v) is 19.4. The Kier molecular flexibility index (Phi) is 9.91. The smallest absolute Gasteiger partial charge is 0.0920 e. The molecule has 5 aromatic rings. The molecule has 6 rings (SSSR count). The Bertz CT molecular complexity index is 1380. The predicted octanol–water partition coefficient (Wildman–Crippen LogP) is 8.23. The average molecular weight is 603 g/mol. The molecule has 0 unspecified atom stereocenters. The van der Waals surface area contributed by atoms with Gasteiger partial charge in [0.1, 0.15) is 0 Å². The van der Waals surface area contributed by atoms with Crippen molar-refractivity contribution in [3.05, 3.63) is 114 Å². The second-order valence-electron chi connectivity index (χ2n) is 9.30. The molecule has 0 fully saturated rings. The molecule has 36 heavy (non-hydrogen) atoms. The van der Waals surface area contributed by atoms with Crippen LogP contribution in [0.5, 0.6) is 0 Å². The zero-order valence-electron chi connectivity index (χ0n) is 20.8. The van der Waals surface area contributed by atoms with Crippen LogP contribution in [0.2, 0.25) is 0 Å². The number of fused-ring (bicyclic) bond motifs is 4. The van der Waals surface area contributed by atoms with Gasteiger partial charge >= 0.3 is 37.9 Å². The van der Waals surface area contributed by atoms with Crippen LogP contribution in [0.4, 0.5) is 0 Å². The molecule has 1 heterocycles. The summed E-state index contributed by atoms with van der Waals surface area (Å²) in [5.74, 6) is 0.672. The van der Waals surface area contributed by atoms with Crippen molar-refractivity contribution in [2.45, 2.75) is 27.2 Å². The number of hydrogen-bond donors (Lipinski definition) is 0. The Morgan fingerprint density at radius 3 is 2.33 bits per heavy atom. The summed E-state index contributed by atoms with van der Waals surface area (Å²) < 4.78 is 0. The van der Waals surface area contributed by atoms with Crippen LogP contribution >= 0.6 is 17.0 Å². The second kappa shape index (κ2) is 13.1. The minimum Gasteiger partial charge on any atom is -0.184 e. The van der Waals surface area contributed by atoms with Gasteiger partial charge in [-0.05, 0) is 17.9 Å². The van der Waals surface area contributed by atoms with Crippen LogP contribution in [0.3, 0.4) is 0 Å². The van der Waals surface area contributed by atoms with Gasteiger partial charge in [0, 0.05) is 0 Å². The normalized spacial score (nSPS) is 11.1. The summed E-state index contributed by atoms with van der Waals surface area (Å²) in [7, 11) is 10.7. The number of rotatable bonds is 3. The van der Waals surface area contributed by atoms with E-state index in [9.17, 15) is 0 Å². The van der Waals surface area contributed by atoms with E-state index in [2.05, 4.69) is 118 Å². The molecule has 2 radical (unpaired) electrons. The summed E-state index contributed by atoms with van der Waals surface area (Å²) >= 11 is -0.826. The molecule has 0 atom stereocenters. The minimum atomic E-state index is -0.826. The van der Waals surface area contributed by atoms with E-state index in [0.717, 1.165) is 15.9 Å². The predicted molar refractivity (Wildman–Crippen MR) is 156 cm³/mol. The van der Waals surface area contributed by atoms with Crippen LogP contribution in [-0.2, 0) is 27.3 Å². The topological polar surface area (TPSA) is 0 Å². The molecule has 4 heteroatoms. The summed E-state index contributed by atoms with van der Waals surface area (Å²) in [6, 6.07) is 38.1. The van der Waals surface area contributed by atoms with Gasteiger partial charge in [0.2, 0.25) is 0 Å². The summed E-state index contributed by atoms with van der Waals surface area (Å²) in [6.07, 6.45) is 1.13. The summed E-state index contributed by atoms with van der Waals surface area (Å²) in [4.78, 5) is 0. The summed E-state index contributed by atoms with van der Waals surface area (Å²) in [5, 5.41) is 5.57. The van der Waals surface area contributed by atoms with Crippen molar-refractivity contribution in [1.29, 1.82) is 0 Å². The van der Waals surface area contributed by atoms with Gasteiger partial charge in [0.25, 0.3) is 0 Å². The van der Waals surface area contributed by atoms with Gasteiger partial charge in [-0.25, -0.2) is 0 Å². The zero-order chi connectivity index (χ0) is 25.5. The van der Waals surface area contributed by atoms with Gasteiger partial charge in [0.15, 0.2) is 0 Å². The Labute approximate surface area is 236 Å². The van der Waals surface area contributed by atoms with Gasteiger partial charge in [0.05, 0.1) is 9.52 Å². The number of halogens is 2.